The summed E-state index contributed by atoms with van der Waals surface area (Å²) >= 11 is 0. The molecule has 0 aromatic heterocycles. The number of hydrogen-bond acceptors (Lipinski definition) is 3. The molecule has 106 valence electrons. The number of sulfonamides is 1. The molecule has 1 rings (SSSR count). The van der Waals surface area contributed by atoms with Crippen molar-refractivity contribution in [1.82, 2.24) is 4.31 Å². The standard InChI is InChI=1S/C13H20N2O3S/c1-10(2)15(19(4,17)18)9-13(16)14-12-7-5-11(3)6-8-12/h5-8,10H,9H2,1-4H3,(H,14,16). The third kappa shape index (κ3) is 5.00. The Balaban J connectivity index is 2.71. The number of aryl methyl sites for hydroxylation is 1. The van der Waals surface area contributed by atoms with Crippen molar-refractivity contribution in [3.63, 3.8) is 0 Å². The highest BCUT2D eigenvalue weighted by molar-refractivity contribution is 7.88. The van der Waals surface area contributed by atoms with E-state index in [0.29, 0.717) is 5.69 Å². The predicted molar refractivity (Wildman–Crippen MR) is 76.5 cm³/mol. The highest BCUT2D eigenvalue weighted by atomic mass is 32.2. The van der Waals surface area contributed by atoms with Crippen molar-refractivity contribution in [2.45, 2.75) is 26.8 Å². The van der Waals surface area contributed by atoms with Crippen LogP contribution in [0.2, 0.25) is 0 Å². The summed E-state index contributed by atoms with van der Waals surface area (Å²) in [5, 5.41) is 2.68. The molecule has 0 spiro atoms. The zero-order valence-corrected chi connectivity index (χ0v) is 12.5. The van der Waals surface area contributed by atoms with E-state index in [0.717, 1.165) is 16.1 Å². The van der Waals surface area contributed by atoms with E-state index < -0.39 is 10.0 Å². The molecule has 1 aromatic rings. The number of nitrogens with zero attached hydrogens (tertiary/aromatic N) is 1. The molecule has 0 atom stereocenters. The van der Waals surface area contributed by atoms with Gasteiger partial charge in [-0.2, -0.15) is 4.31 Å². The molecule has 0 aliphatic heterocycles. The second-order valence-corrected chi connectivity index (χ2v) is 6.75. The summed E-state index contributed by atoms with van der Waals surface area (Å²) in [5.41, 5.74) is 1.76. The monoisotopic (exact) mass is 284 g/mol. The van der Waals surface area contributed by atoms with Crippen molar-refractivity contribution in [3.8, 4) is 0 Å². The molecule has 19 heavy (non-hydrogen) atoms. The van der Waals surface area contributed by atoms with Gasteiger partial charge in [-0.3, -0.25) is 4.79 Å². The molecule has 0 radical (unpaired) electrons. The molecule has 1 N–H and O–H groups in total. The topological polar surface area (TPSA) is 66.5 Å². The Kier molecular flexibility index (Phi) is 5.08. The van der Waals surface area contributed by atoms with Crippen LogP contribution >= 0.6 is 0 Å². The maximum atomic E-state index is 11.8. The first-order valence-corrected chi connectivity index (χ1v) is 7.88. The molecular weight excluding hydrogens is 264 g/mol. The number of rotatable bonds is 5. The molecule has 0 saturated carbocycles. The fraction of sp³-hybridized carbons (Fsp3) is 0.462. The summed E-state index contributed by atoms with van der Waals surface area (Å²) in [5.74, 6) is -0.344. The lowest BCUT2D eigenvalue weighted by Crippen LogP contribution is -2.41. The average molecular weight is 284 g/mol. The first kappa shape index (κ1) is 15.7. The number of carbonyl (C=O) groups is 1. The van der Waals surface area contributed by atoms with Crippen LogP contribution in [0.25, 0.3) is 0 Å². The Morgan fingerprint density at radius 1 is 1.26 bits per heavy atom. The molecule has 0 unspecified atom stereocenters. The van der Waals surface area contributed by atoms with Crippen LogP contribution in [0.5, 0.6) is 0 Å². The summed E-state index contributed by atoms with van der Waals surface area (Å²) in [6.07, 6.45) is 1.10. The molecule has 1 amide bonds. The molecule has 1 aromatic carbocycles. The van der Waals surface area contributed by atoms with Crippen molar-refractivity contribution in [2.24, 2.45) is 0 Å². The fourth-order valence-corrected chi connectivity index (χ4v) is 2.78. The number of nitrogens with one attached hydrogen (secondary N) is 1. The molecule has 0 bridgehead atoms. The molecule has 0 aliphatic rings. The lowest BCUT2D eigenvalue weighted by molar-refractivity contribution is -0.116. The van der Waals surface area contributed by atoms with Gasteiger partial charge in [-0.15, -0.1) is 0 Å². The van der Waals surface area contributed by atoms with E-state index in [-0.39, 0.29) is 18.5 Å². The minimum absolute atomic E-state index is 0.176. The second kappa shape index (κ2) is 6.16. The highest BCUT2D eigenvalue weighted by Gasteiger charge is 2.22. The zero-order valence-electron chi connectivity index (χ0n) is 11.7. The maximum absolute atomic E-state index is 11.8. The van der Waals surface area contributed by atoms with Crippen LogP contribution in [0, 0.1) is 6.92 Å². The Hall–Kier alpha value is -1.40. The third-order valence-electron chi connectivity index (χ3n) is 2.64. The minimum atomic E-state index is -3.39. The van der Waals surface area contributed by atoms with Crippen LogP contribution in [0.1, 0.15) is 19.4 Å². The van der Waals surface area contributed by atoms with Crippen molar-refractivity contribution in [3.05, 3.63) is 29.8 Å². The second-order valence-electron chi connectivity index (χ2n) is 4.82. The quantitative estimate of drug-likeness (QED) is 0.893. The number of carbonyl (C=O) groups excluding carboxylic acids is 1. The smallest absolute Gasteiger partial charge is 0.239 e. The molecule has 0 saturated heterocycles. The molecule has 6 heteroatoms. The van der Waals surface area contributed by atoms with E-state index in [2.05, 4.69) is 5.32 Å². The largest absolute Gasteiger partial charge is 0.325 e. The van der Waals surface area contributed by atoms with Crippen LogP contribution in [-0.4, -0.2) is 37.5 Å². The van der Waals surface area contributed by atoms with E-state index in [9.17, 15) is 13.2 Å². The Labute approximate surface area is 114 Å². The minimum Gasteiger partial charge on any atom is -0.325 e. The van der Waals surface area contributed by atoms with E-state index in [1.807, 2.05) is 19.1 Å². The van der Waals surface area contributed by atoms with Crippen LogP contribution < -0.4 is 5.32 Å². The number of hydrogen-bond donors (Lipinski definition) is 1. The van der Waals surface area contributed by atoms with Gasteiger partial charge in [-0.25, -0.2) is 8.42 Å². The van der Waals surface area contributed by atoms with Crippen molar-refractivity contribution >= 4 is 21.6 Å². The Morgan fingerprint density at radius 3 is 2.21 bits per heavy atom. The highest BCUT2D eigenvalue weighted by Crippen LogP contribution is 2.10. The van der Waals surface area contributed by atoms with Crippen molar-refractivity contribution in [2.75, 3.05) is 18.1 Å². The normalized spacial score (nSPS) is 11.9. The zero-order chi connectivity index (χ0) is 14.6. The number of benzene rings is 1. The van der Waals surface area contributed by atoms with E-state index >= 15 is 0 Å². The van der Waals surface area contributed by atoms with Gasteiger partial charge in [-0.05, 0) is 32.9 Å². The molecule has 5 nitrogen and oxygen atoms in total. The SMILES string of the molecule is Cc1ccc(NC(=O)CN(C(C)C)S(C)(=O)=O)cc1. The van der Waals surface area contributed by atoms with Crippen LogP contribution in [-0.2, 0) is 14.8 Å². The average Bonchev–Trinajstić information content (AvgIpc) is 2.27. The van der Waals surface area contributed by atoms with Gasteiger partial charge in [0, 0.05) is 11.7 Å². The van der Waals surface area contributed by atoms with Gasteiger partial charge in [0.1, 0.15) is 0 Å². The van der Waals surface area contributed by atoms with E-state index in [4.69, 9.17) is 0 Å². The molecule has 0 aliphatic carbocycles. The van der Waals surface area contributed by atoms with Crippen LogP contribution in [0.4, 0.5) is 5.69 Å². The summed E-state index contributed by atoms with van der Waals surface area (Å²) in [4.78, 5) is 11.8. The number of anilines is 1. The summed E-state index contributed by atoms with van der Waals surface area (Å²) in [6, 6.07) is 7.08. The van der Waals surface area contributed by atoms with Crippen molar-refractivity contribution in [1.29, 1.82) is 0 Å². The maximum Gasteiger partial charge on any atom is 0.239 e. The van der Waals surface area contributed by atoms with Gasteiger partial charge in [0.05, 0.1) is 12.8 Å². The fourth-order valence-electron chi connectivity index (χ4n) is 1.66. The summed E-state index contributed by atoms with van der Waals surface area (Å²) in [7, 11) is -3.39. The van der Waals surface area contributed by atoms with Gasteiger partial charge < -0.3 is 5.32 Å². The van der Waals surface area contributed by atoms with Gasteiger partial charge in [0.25, 0.3) is 0 Å². The predicted octanol–water partition coefficient (Wildman–Crippen LogP) is 1.60. The Bertz CT molecular complexity index is 536. The molecule has 0 fully saturated rings. The van der Waals surface area contributed by atoms with Gasteiger partial charge in [0.2, 0.25) is 15.9 Å². The van der Waals surface area contributed by atoms with Gasteiger partial charge >= 0.3 is 0 Å². The lowest BCUT2D eigenvalue weighted by Gasteiger charge is -2.23. The van der Waals surface area contributed by atoms with Crippen LogP contribution in [0.15, 0.2) is 24.3 Å². The van der Waals surface area contributed by atoms with E-state index in [1.165, 1.54) is 0 Å². The number of amides is 1. The van der Waals surface area contributed by atoms with E-state index in [1.54, 1.807) is 26.0 Å². The van der Waals surface area contributed by atoms with Crippen molar-refractivity contribution < 1.29 is 13.2 Å². The third-order valence-corrected chi connectivity index (χ3v) is 4.04. The lowest BCUT2D eigenvalue weighted by atomic mass is 10.2. The van der Waals surface area contributed by atoms with Crippen LogP contribution in [0.3, 0.4) is 0 Å². The van der Waals surface area contributed by atoms with Gasteiger partial charge in [-0.1, -0.05) is 17.7 Å². The summed E-state index contributed by atoms with van der Waals surface area (Å²) in [6.45, 7) is 5.25. The first-order valence-electron chi connectivity index (χ1n) is 6.03. The first-order chi connectivity index (χ1) is 8.70. The molecule has 0 heterocycles. The Morgan fingerprint density at radius 2 is 1.79 bits per heavy atom. The summed E-state index contributed by atoms with van der Waals surface area (Å²) < 4.78 is 24.3. The van der Waals surface area contributed by atoms with Gasteiger partial charge in [0.15, 0.2) is 0 Å². The molecular formula is C13H20N2O3S.